The Morgan fingerprint density at radius 2 is 1.89 bits per heavy atom. The van der Waals surface area contributed by atoms with Crippen molar-refractivity contribution in [3.8, 4) is 0 Å². The van der Waals surface area contributed by atoms with Crippen molar-refractivity contribution in [1.29, 1.82) is 0 Å². The first kappa shape index (κ1) is 11.1. The molecule has 0 atom stereocenters. The van der Waals surface area contributed by atoms with Crippen molar-refractivity contribution < 1.29 is 0 Å². The molecule has 0 aliphatic heterocycles. The lowest BCUT2D eigenvalue weighted by molar-refractivity contribution is 0.816. The number of rotatable bonds is 3. The summed E-state index contributed by atoms with van der Waals surface area (Å²) in [4.78, 5) is 0. The van der Waals surface area contributed by atoms with E-state index in [9.17, 15) is 0 Å². The Morgan fingerprint density at radius 3 is 2.00 bits per heavy atom. The van der Waals surface area contributed by atoms with Gasteiger partial charge in [0.1, 0.15) is 0 Å². The van der Waals surface area contributed by atoms with Gasteiger partial charge >= 0.3 is 0 Å². The molecule has 0 amide bonds. The summed E-state index contributed by atoms with van der Waals surface area (Å²) in [6.07, 6.45) is 5.72. The van der Waals surface area contributed by atoms with Crippen LogP contribution >= 0.6 is 0 Å². The average Bonchev–Trinajstić information content (AvgIpc) is 1.86. The molecule has 0 aromatic carbocycles. The first-order chi connectivity index (χ1) is 4.33. The Morgan fingerprint density at radius 1 is 1.44 bits per heavy atom. The molecule has 0 saturated heterocycles. The van der Waals surface area contributed by atoms with Gasteiger partial charge in [0, 0.05) is 0 Å². The van der Waals surface area contributed by atoms with Gasteiger partial charge in [-0.2, -0.15) is 0 Å². The predicted octanol–water partition coefficient (Wildman–Crippen LogP) is 3.32. The van der Waals surface area contributed by atoms with Crippen molar-refractivity contribution >= 4 is 0 Å². The zero-order valence-corrected chi connectivity index (χ0v) is 6.32. The standard InChI is InChI=1S/C6H12.C3H4/c1-3-5-6-4-2;1-3-2/h3H,1,4-6H2,2H3;1-2H2. The molecule has 0 fully saturated rings. The minimum Gasteiger partial charge on any atom is -0.137 e. The number of unbranched alkanes of at least 4 members (excludes halogenated alkanes) is 2. The van der Waals surface area contributed by atoms with E-state index in [1.54, 1.807) is 0 Å². The third-order valence-electron chi connectivity index (χ3n) is 0.762. The highest BCUT2D eigenvalue weighted by molar-refractivity contribution is 4.64. The molecule has 0 aromatic heterocycles. The molecule has 0 radical (unpaired) electrons. The summed E-state index contributed by atoms with van der Waals surface area (Å²) in [6.45, 7) is 12.0. The lowest BCUT2D eigenvalue weighted by atomic mass is 10.3. The molecule has 0 heteroatoms. The van der Waals surface area contributed by atoms with Crippen molar-refractivity contribution in [2.45, 2.75) is 26.2 Å². The molecule has 0 aliphatic rings. The van der Waals surface area contributed by atoms with Gasteiger partial charge in [0.2, 0.25) is 0 Å². The van der Waals surface area contributed by atoms with Crippen molar-refractivity contribution in [3.63, 3.8) is 0 Å². The third kappa shape index (κ3) is 39.3. The average molecular weight is 124 g/mol. The fourth-order valence-corrected chi connectivity index (χ4v) is 0.348. The molecule has 0 bridgehead atoms. The van der Waals surface area contributed by atoms with Crippen LogP contribution in [0, 0.1) is 0 Å². The number of hydrogen-bond acceptors (Lipinski definition) is 0. The van der Waals surface area contributed by atoms with Crippen molar-refractivity contribution in [1.82, 2.24) is 0 Å². The second-order valence-electron chi connectivity index (χ2n) is 1.68. The highest BCUT2D eigenvalue weighted by Gasteiger charge is 1.71. The second kappa shape index (κ2) is 15.7. The monoisotopic (exact) mass is 124 g/mol. The van der Waals surface area contributed by atoms with Crippen molar-refractivity contribution in [2.24, 2.45) is 0 Å². The Labute approximate surface area is 58.6 Å². The molecule has 0 aromatic rings. The molecule has 0 aliphatic carbocycles. The first-order valence-electron chi connectivity index (χ1n) is 3.23. The minimum absolute atomic E-state index is 1.18. The summed E-state index contributed by atoms with van der Waals surface area (Å²) < 4.78 is 0. The summed E-state index contributed by atoms with van der Waals surface area (Å²) in [5.41, 5.74) is 2.25. The molecule has 0 unspecified atom stereocenters. The van der Waals surface area contributed by atoms with Crippen LogP contribution in [-0.2, 0) is 0 Å². The summed E-state index contributed by atoms with van der Waals surface area (Å²) in [6, 6.07) is 0. The molecule has 0 saturated carbocycles. The molecule has 0 spiro atoms. The van der Waals surface area contributed by atoms with E-state index in [1.165, 1.54) is 19.3 Å². The summed E-state index contributed by atoms with van der Waals surface area (Å²) in [5, 5.41) is 0. The van der Waals surface area contributed by atoms with Gasteiger partial charge in [-0.15, -0.1) is 12.3 Å². The normalized spacial score (nSPS) is 6.33. The van der Waals surface area contributed by atoms with Crippen molar-refractivity contribution in [2.75, 3.05) is 0 Å². The van der Waals surface area contributed by atoms with Crippen LogP contribution in [0.5, 0.6) is 0 Å². The maximum atomic E-state index is 3.60. The third-order valence-corrected chi connectivity index (χ3v) is 0.762. The highest BCUT2D eigenvalue weighted by Crippen LogP contribution is 1.91. The Hall–Kier alpha value is -0.740. The molecular weight excluding hydrogens is 108 g/mol. The fourth-order valence-electron chi connectivity index (χ4n) is 0.348. The number of hydrogen-bond donors (Lipinski definition) is 0. The van der Waals surface area contributed by atoms with E-state index in [0.29, 0.717) is 0 Å². The summed E-state index contributed by atoms with van der Waals surface area (Å²) in [7, 11) is 0. The van der Waals surface area contributed by atoms with E-state index in [0.717, 1.165) is 0 Å². The number of allylic oxidation sites excluding steroid dienone is 1. The lowest BCUT2D eigenvalue weighted by Crippen LogP contribution is -1.61. The van der Waals surface area contributed by atoms with Gasteiger partial charge in [-0.1, -0.05) is 39.0 Å². The van der Waals surface area contributed by atoms with Crippen LogP contribution in [0.1, 0.15) is 26.2 Å². The first-order valence-corrected chi connectivity index (χ1v) is 3.23. The van der Waals surface area contributed by atoms with Gasteiger partial charge in [0.15, 0.2) is 0 Å². The van der Waals surface area contributed by atoms with Crippen LogP contribution < -0.4 is 0 Å². The Kier molecular flexibility index (Phi) is 19.4. The van der Waals surface area contributed by atoms with E-state index in [1.807, 2.05) is 6.08 Å². The molecule has 52 valence electrons. The quantitative estimate of drug-likeness (QED) is 0.307. The maximum Gasteiger partial charge on any atom is -0.0354 e. The minimum atomic E-state index is 1.18. The van der Waals surface area contributed by atoms with Crippen LogP contribution in [0.3, 0.4) is 0 Å². The van der Waals surface area contributed by atoms with Gasteiger partial charge < -0.3 is 0 Å². The van der Waals surface area contributed by atoms with Gasteiger partial charge in [-0.25, -0.2) is 0 Å². The topological polar surface area (TPSA) is 0 Å². The van der Waals surface area contributed by atoms with E-state index < -0.39 is 0 Å². The van der Waals surface area contributed by atoms with Crippen LogP contribution in [-0.4, -0.2) is 0 Å². The van der Waals surface area contributed by atoms with E-state index in [2.05, 4.69) is 32.4 Å². The summed E-state index contributed by atoms with van der Waals surface area (Å²) in [5.74, 6) is 0. The Balaban J connectivity index is 0. The molecule has 0 rings (SSSR count). The maximum absolute atomic E-state index is 3.60. The molecule has 0 N–H and O–H groups in total. The Bertz CT molecular complexity index is 74.0. The van der Waals surface area contributed by atoms with Gasteiger partial charge in [0.25, 0.3) is 0 Å². The predicted molar refractivity (Wildman–Crippen MR) is 44.5 cm³/mol. The SMILES string of the molecule is C=C=C.C=CCCCC. The molecule has 0 nitrogen and oxygen atoms in total. The van der Waals surface area contributed by atoms with Gasteiger partial charge in [-0.05, 0) is 6.42 Å². The van der Waals surface area contributed by atoms with Gasteiger partial charge in [-0.3, -0.25) is 0 Å². The largest absolute Gasteiger partial charge is 0.137 e. The lowest BCUT2D eigenvalue weighted by Gasteiger charge is -1.81. The molecule has 9 heavy (non-hydrogen) atoms. The van der Waals surface area contributed by atoms with Crippen LogP contribution in [0.4, 0.5) is 0 Å². The smallest absolute Gasteiger partial charge is 0.0354 e. The zero-order chi connectivity index (χ0) is 7.54. The van der Waals surface area contributed by atoms with E-state index >= 15 is 0 Å². The molecular formula is C9H16. The van der Waals surface area contributed by atoms with E-state index in [-0.39, 0.29) is 0 Å². The molecule has 0 heterocycles. The van der Waals surface area contributed by atoms with Crippen LogP contribution in [0.25, 0.3) is 0 Å². The van der Waals surface area contributed by atoms with Crippen molar-refractivity contribution in [3.05, 3.63) is 31.5 Å². The van der Waals surface area contributed by atoms with Gasteiger partial charge in [0.05, 0.1) is 0 Å². The van der Waals surface area contributed by atoms with Crippen LogP contribution in [0.15, 0.2) is 31.5 Å². The zero-order valence-electron chi connectivity index (χ0n) is 6.32. The second-order valence-corrected chi connectivity index (χ2v) is 1.68. The summed E-state index contributed by atoms with van der Waals surface area (Å²) >= 11 is 0. The van der Waals surface area contributed by atoms with E-state index in [4.69, 9.17) is 0 Å². The fraction of sp³-hybridized carbons (Fsp3) is 0.444. The highest BCUT2D eigenvalue weighted by atomic mass is 13.8. The van der Waals surface area contributed by atoms with Crippen LogP contribution in [0.2, 0.25) is 0 Å².